The number of aromatic nitrogens is 2. The third kappa shape index (κ3) is 3.00. The van der Waals surface area contributed by atoms with Gasteiger partial charge >= 0.3 is 0 Å². The molecule has 0 saturated carbocycles. The van der Waals surface area contributed by atoms with E-state index in [1.165, 1.54) is 0 Å². The molecule has 0 saturated heterocycles. The second-order valence-electron chi connectivity index (χ2n) is 3.96. The summed E-state index contributed by atoms with van der Waals surface area (Å²) in [5, 5.41) is 10.0. The van der Waals surface area contributed by atoms with Gasteiger partial charge < -0.3 is 9.67 Å². The highest BCUT2D eigenvalue weighted by molar-refractivity contribution is 4.97. The molecule has 3 nitrogen and oxygen atoms in total. The third-order valence-corrected chi connectivity index (χ3v) is 2.35. The maximum Gasteiger partial charge on any atom is 0.111 e. The van der Waals surface area contributed by atoms with Crippen LogP contribution in [0.3, 0.4) is 0 Å². The average Bonchev–Trinajstić information content (AvgIpc) is 2.48. The summed E-state index contributed by atoms with van der Waals surface area (Å²) in [6, 6.07) is 0. The van der Waals surface area contributed by atoms with Crippen LogP contribution in [-0.2, 0) is 13.5 Å². The molecule has 0 aliphatic carbocycles. The molecular formula is C11H18N2O. The van der Waals surface area contributed by atoms with Crippen LogP contribution in [-0.4, -0.2) is 20.3 Å². The molecule has 0 radical (unpaired) electrons. The molecule has 1 aromatic rings. The Balaban J connectivity index is 2.58. The minimum absolute atomic E-state index is 0.588. The minimum Gasteiger partial charge on any atom is -0.390 e. The van der Waals surface area contributed by atoms with Crippen molar-refractivity contribution in [3.05, 3.63) is 30.9 Å². The Labute approximate surface area is 85.1 Å². The van der Waals surface area contributed by atoms with Gasteiger partial charge in [-0.1, -0.05) is 6.08 Å². The number of allylic oxidation sites excluding steroid dienone is 1. The van der Waals surface area contributed by atoms with Crippen LogP contribution in [0, 0.1) is 0 Å². The topological polar surface area (TPSA) is 38.1 Å². The van der Waals surface area contributed by atoms with E-state index in [0.717, 1.165) is 18.7 Å². The minimum atomic E-state index is -0.687. The van der Waals surface area contributed by atoms with Gasteiger partial charge in [-0.3, -0.25) is 0 Å². The van der Waals surface area contributed by atoms with E-state index in [1.807, 2.05) is 30.8 Å². The average molecular weight is 194 g/mol. The largest absolute Gasteiger partial charge is 0.390 e. The van der Waals surface area contributed by atoms with Crippen molar-refractivity contribution in [2.24, 2.45) is 7.05 Å². The first-order chi connectivity index (χ1) is 6.55. The third-order valence-electron chi connectivity index (χ3n) is 2.35. The summed E-state index contributed by atoms with van der Waals surface area (Å²) in [5.41, 5.74) is -0.687. The summed E-state index contributed by atoms with van der Waals surface area (Å²) in [5.74, 6) is 0.916. The molecule has 1 heterocycles. The van der Waals surface area contributed by atoms with Crippen molar-refractivity contribution in [1.82, 2.24) is 9.55 Å². The lowest BCUT2D eigenvalue weighted by molar-refractivity contribution is 0.0497. The number of hydrogen-bond acceptors (Lipinski definition) is 2. The predicted octanol–water partition coefficient (Wildman–Crippen LogP) is 1.68. The standard InChI is InChI=1S/C11H18N2O/c1-4-5-6-11(2,14)9-10-12-7-8-13(10)3/h4,7-8,14H,1,5-6,9H2,2-3H3. The van der Waals surface area contributed by atoms with Gasteiger partial charge in [0.1, 0.15) is 5.82 Å². The Hall–Kier alpha value is -1.09. The van der Waals surface area contributed by atoms with E-state index in [4.69, 9.17) is 0 Å². The van der Waals surface area contributed by atoms with Gasteiger partial charge in [-0.15, -0.1) is 6.58 Å². The molecule has 1 atom stereocenters. The predicted molar refractivity (Wildman–Crippen MR) is 57.0 cm³/mol. The Morgan fingerprint density at radius 1 is 1.71 bits per heavy atom. The maximum atomic E-state index is 10.0. The van der Waals surface area contributed by atoms with E-state index < -0.39 is 5.60 Å². The number of hydrogen-bond donors (Lipinski definition) is 1. The van der Waals surface area contributed by atoms with E-state index in [2.05, 4.69) is 11.6 Å². The number of imidazole rings is 1. The highest BCUT2D eigenvalue weighted by Crippen LogP contribution is 2.17. The van der Waals surface area contributed by atoms with Crippen molar-refractivity contribution in [2.45, 2.75) is 31.8 Å². The lowest BCUT2D eigenvalue weighted by Crippen LogP contribution is -2.28. The SMILES string of the molecule is C=CCCC(C)(O)Cc1nccn1C. The zero-order chi connectivity index (χ0) is 10.6. The fourth-order valence-corrected chi connectivity index (χ4v) is 1.41. The van der Waals surface area contributed by atoms with Gasteiger partial charge in [0.15, 0.2) is 0 Å². The van der Waals surface area contributed by atoms with Gasteiger partial charge in [0, 0.05) is 25.9 Å². The maximum absolute atomic E-state index is 10.0. The van der Waals surface area contributed by atoms with Crippen molar-refractivity contribution in [2.75, 3.05) is 0 Å². The lowest BCUT2D eigenvalue weighted by atomic mass is 9.96. The number of rotatable bonds is 5. The molecule has 0 bridgehead atoms. The van der Waals surface area contributed by atoms with Gasteiger partial charge in [-0.05, 0) is 19.8 Å². The first-order valence-corrected chi connectivity index (χ1v) is 4.84. The molecule has 1 rings (SSSR count). The second-order valence-corrected chi connectivity index (χ2v) is 3.96. The Kier molecular flexibility index (Phi) is 3.47. The fraction of sp³-hybridized carbons (Fsp3) is 0.545. The fourth-order valence-electron chi connectivity index (χ4n) is 1.41. The van der Waals surface area contributed by atoms with Crippen LogP contribution < -0.4 is 0 Å². The molecule has 1 N–H and O–H groups in total. The van der Waals surface area contributed by atoms with Crippen molar-refractivity contribution in [3.63, 3.8) is 0 Å². The number of nitrogens with zero attached hydrogens (tertiary/aromatic N) is 2. The quantitative estimate of drug-likeness (QED) is 0.724. The van der Waals surface area contributed by atoms with E-state index in [-0.39, 0.29) is 0 Å². The zero-order valence-corrected chi connectivity index (χ0v) is 8.90. The summed E-state index contributed by atoms with van der Waals surface area (Å²) < 4.78 is 1.93. The lowest BCUT2D eigenvalue weighted by Gasteiger charge is -2.22. The molecule has 1 unspecified atom stereocenters. The molecule has 0 amide bonds. The van der Waals surface area contributed by atoms with Crippen LogP contribution in [0.5, 0.6) is 0 Å². The normalized spacial score (nSPS) is 15.1. The van der Waals surface area contributed by atoms with Crippen molar-refractivity contribution in [3.8, 4) is 0 Å². The summed E-state index contributed by atoms with van der Waals surface area (Å²) in [7, 11) is 1.94. The molecule has 1 aromatic heterocycles. The molecule has 3 heteroatoms. The monoisotopic (exact) mass is 194 g/mol. The smallest absolute Gasteiger partial charge is 0.111 e. The zero-order valence-electron chi connectivity index (χ0n) is 8.90. The van der Waals surface area contributed by atoms with Crippen LogP contribution in [0.25, 0.3) is 0 Å². The van der Waals surface area contributed by atoms with E-state index in [9.17, 15) is 5.11 Å². The van der Waals surface area contributed by atoms with E-state index >= 15 is 0 Å². The summed E-state index contributed by atoms with van der Waals surface area (Å²) >= 11 is 0. The molecule has 0 aliphatic heterocycles. The van der Waals surface area contributed by atoms with E-state index in [0.29, 0.717) is 6.42 Å². The van der Waals surface area contributed by atoms with Crippen molar-refractivity contribution < 1.29 is 5.11 Å². The first kappa shape index (κ1) is 11.0. The van der Waals surface area contributed by atoms with Crippen LogP contribution in [0.2, 0.25) is 0 Å². The molecule has 0 fully saturated rings. The number of aryl methyl sites for hydroxylation is 1. The Morgan fingerprint density at radius 3 is 2.93 bits per heavy atom. The molecule has 14 heavy (non-hydrogen) atoms. The molecule has 0 aliphatic rings. The first-order valence-electron chi connectivity index (χ1n) is 4.84. The molecular weight excluding hydrogens is 176 g/mol. The molecule has 78 valence electrons. The van der Waals surface area contributed by atoms with Crippen molar-refractivity contribution in [1.29, 1.82) is 0 Å². The highest BCUT2D eigenvalue weighted by Gasteiger charge is 2.21. The van der Waals surface area contributed by atoms with E-state index in [1.54, 1.807) is 6.20 Å². The van der Waals surface area contributed by atoms with Crippen molar-refractivity contribution >= 4 is 0 Å². The summed E-state index contributed by atoms with van der Waals surface area (Å²) in [6.07, 6.45) is 7.61. The van der Waals surface area contributed by atoms with Gasteiger partial charge in [0.05, 0.1) is 5.60 Å². The van der Waals surface area contributed by atoms with Gasteiger partial charge in [0.25, 0.3) is 0 Å². The van der Waals surface area contributed by atoms with Crippen LogP contribution in [0.4, 0.5) is 0 Å². The Morgan fingerprint density at radius 2 is 2.43 bits per heavy atom. The van der Waals surface area contributed by atoms with Crippen LogP contribution in [0.15, 0.2) is 25.0 Å². The highest BCUT2D eigenvalue weighted by atomic mass is 16.3. The van der Waals surface area contributed by atoms with Crippen LogP contribution in [0.1, 0.15) is 25.6 Å². The second kappa shape index (κ2) is 4.42. The Bertz CT molecular complexity index is 302. The summed E-state index contributed by atoms with van der Waals surface area (Å²) in [6.45, 7) is 5.48. The molecule has 0 aromatic carbocycles. The van der Waals surface area contributed by atoms with Gasteiger partial charge in [0.2, 0.25) is 0 Å². The van der Waals surface area contributed by atoms with Crippen LogP contribution >= 0.6 is 0 Å². The number of aliphatic hydroxyl groups is 1. The molecule has 0 spiro atoms. The van der Waals surface area contributed by atoms with Gasteiger partial charge in [-0.25, -0.2) is 4.98 Å². The summed E-state index contributed by atoms with van der Waals surface area (Å²) in [4.78, 5) is 4.19. The van der Waals surface area contributed by atoms with Gasteiger partial charge in [-0.2, -0.15) is 0 Å².